The summed E-state index contributed by atoms with van der Waals surface area (Å²) in [7, 11) is -3.54. The van der Waals surface area contributed by atoms with Crippen molar-refractivity contribution in [3.05, 3.63) is 0 Å². The van der Waals surface area contributed by atoms with Crippen molar-refractivity contribution >= 4 is 19.7 Å². The number of aliphatic carboxylic acids is 1. The van der Waals surface area contributed by atoms with Crippen LogP contribution in [0.15, 0.2) is 0 Å². The van der Waals surface area contributed by atoms with Crippen LogP contribution in [-0.2, 0) is 9.59 Å². The third-order valence-electron chi connectivity index (χ3n) is 1.26. The highest BCUT2D eigenvalue weighted by atomic mass is 31.2. The van der Waals surface area contributed by atoms with E-state index in [1.165, 1.54) is 0 Å². The van der Waals surface area contributed by atoms with Gasteiger partial charge in [0, 0.05) is 6.42 Å². The number of carbonyl (C=O) groups excluding carboxylic acids is 1. The van der Waals surface area contributed by atoms with E-state index in [1.807, 2.05) is 0 Å². The predicted molar refractivity (Wildman–Crippen MR) is 43.2 cm³/mol. The third-order valence-corrected chi connectivity index (χ3v) is 2.51. The molecular formula is C5H11NO5P+. The molecule has 12 heavy (non-hydrogen) atoms. The van der Waals surface area contributed by atoms with Crippen LogP contribution in [0.25, 0.3) is 0 Å². The summed E-state index contributed by atoms with van der Waals surface area (Å²) in [5, 5.41) is 8.29. The van der Waals surface area contributed by atoms with Crippen molar-refractivity contribution < 1.29 is 24.5 Å². The fourth-order valence-corrected chi connectivity index (χ4v) is 1.27. The highest BCUT2D eigenvalue weighted by molar-refractivity contribution is 7.78. The van der Waals surface area contributed by atoms with Crippen LogP contribution in [0.4, 0.5) is 0 Å². The molecule has 0 heterocycles. The molecule has 0 rings (SSSR count). The van der Waals surface area contributed by atoms with Crippen LogP contribution in [0.3, 0.4) is 0 Å². The second-order valence-corrected chi connectivity index (χ2v) is 4.58. The predicted octanol–water partition coefficient (Wildman–Crippen LogP) is -1.19. The number of nitrogens with two attached hydrogens (primary N) is 1. The largest absolute Gasteiger partial charge is 0.480 e. The van der Waals surface area contributed by atoms with Gasteiger partial charge in [-0.15, -0.1) is 0 Å². The summed E-state index contributed by atoms with van der Waals surface area (Å²) in [6.07, 6.45) is -0.390. The van der Waals surface area contributed by atoms with Crippen LogP contribution in [0.2, 0.25) is 0 Å². The number of hydrogen-bond acceptors (Lipinski definition) is 5. The standard InChI is InChI=1S/C5H10NO5P/c6-4(5(8)9)1-2-12(10,11)3-7/h3-4,10-11H,1-2,6H2/p+1/t4-/m0/s1. The van der Waals surface area contributed by atoms with Gasteiger partial charge in [-0.2, -0.15) is 0 Å². The van der Waals surface area contributed by atoms with Crippen molar-refractivity contribution in [1.82, 2.24) is 0 Å². The lowest BCUT2D eigenvalue weighted by atomic mass is 10.2. The lowest BCUT2D eigenvalue weighted by molar-refractivity contribution is -0.138. The quantitative estimate of drug-likeness (QED) is 0.324. The van der Waals surface area contributed by atoms with Crippen LogP contribution in [-0.4, -0.2) is 39.1 Å². The van der Waals surface area contributed by atoms with E-state index in [2.05, 4.69) is 0 Å². The van der Waals surface area contributed by atoms with Gasteiger partial charge in [0.1, 0.15) is 12.2 Å². The first-order chi connectivity index (χ1) is 5.39. The van der Waals surface area contributed by atoms with Crippen molar-refractivity contribution in [3.63, 3.8) is 0 Å². The van der Waals surface area contributed by atoms with Gasteiger partial charge in [-0.1, -0.05) is 0 Å². The molecule has 0 amide bonds. The maximum Gasteiger partial charge on any atom is 0.333 e. The molecular weight excluding hydrogens is 185 g/mol. The molecule has 0 aliphatic rings. The van der Waals surface area contributed by atoms with Crippen LogP contribution >= 0.6 is 7.72 Å². The Balaban J connectivity index is 3.83. The monoisotopic (exact) mass is 196 g/mol. The van der Waals surface area contributed by atoms with Crippen molar-refractivity contribution in [2.75, 3.05) is 6.16 Å². The zero-order chi connectivity index (χ0) is 9.78. The number of rotatable bonds is 5. The highest BCUT2D eigenvalue weighted by Gasteiger charge is 2.33. The number of hydrogen-bond donors (Lipinski definition) is 4. The first-order valence-corrected chi connectivity index (χ1v) is 5.12. The summed E-state index contributed by atoms with van der Waals surface area (Å²) < 4.78 is 0. The molecule has 0 radical (unpaired) electrons. The van der Waals surface area contributed by atoms with E-state index in [0.29, 0.717) is 0 Å². The maximum absolute atomic E-state index is 10.1. The Morgan fingerprint density at radius 2 is 2.08 bits per heavy atom. The summed E-state index contributed by atoms with van der Waals surface area (Å²) in [5.41, 5.74) is 5.06. The minimum absolute atomic E-state index is 0.0432. The molecule has 0 fully saturated rings. The zero-order valence-electron chi connectivity index (χ0n) is 6.25. The van der Waals surface area contributed by atoms with Gasteiger partial charge >= 0.3 is 19.7 Å². The number of carbonyl (C=O) groups is 2. The van der Waals surface area contributed by atoms with Crippen molar-refractivity contribution in [2.45, 2.75) is 12.5 Å². The molecule has 0 aliphatic heterocycles. The maximum atomic E-state index is 10.1. The van der Waals surface area contributed by atoms with Gasteiger partial charge in [0.2, 0.25) is 0 Å². The van der Waals surface area contributed by atoms with Gasteiger partial charge in [0.15, 0.2) is 0 Å². The van der Waals surface area contributed by atoms with Crippen LogP contribution in [0.5, 0.6) is 0 Å². The molecule has 0 bridgehead atoms. The summed E-state index contributed by atoms with van der Waals surface area (Å²) in [6, 6.07) is -1.11. The van der Waals surface area contributed by atoms with E-state index in [1.54, 1.807) is 0 Å². The summed E-state index contributed by atoms with van der Waals surface area (Å²) >= 11 is 0. The second-order valence-electron chi connectivity index (χ2n) is 2.35. The van der Waals surface area contributed by atoms with Gasteiger partial charge in [-0.05, 0) is 0 Å². The summed E-state index contributed by atoms with van der Waals surface area (Å²) in [5.74, 6) is -1.22. The Morgan fingerprint density at radius 3 is 2.42 bits per heavy atom. The highest BCUT2D eigenvalue weighted by Crippen LogP contribution is 2.46. The molecule has 0 aromatic carbocycles. The van der Waals surface area contributed by atoms with Crippen LogP contribution < -0.4 is 5.73 Å². The molecule has 70 valence electrons. The topological polar surface area (TPSA) is 121 Å². The molecule has 0 aromatic heterocycles. The van der Waals surface area contributed by atoms with E-state index >= 15 is 0 Å². The molecule has 0 saturated carbocycles. The Labute approximate surface area is 69.5 Å². The summed E-state index contributed by atoms with van der Waals surface area (Å²) in [4.78, 5) is 37.7. The van der Waals surface area contributed by atoms with E-state index in [9.17, 15) is 9.59 Å². The number of carboxylic acid groups (broad SMARTS) is 1. The first-order valence-electron chi connectivity index (χ1n) is 3.17. The molecule has 0 unspecified atom stereocenters. The van der Waals surface area contributed by atoms with E-state index in [4.69, 9.17) is 20.6 Å². The van der Waals surface area contributed by atoms with Crippen LogP contribution in [0, 0.1) is 0 Å². The Hall–Kier alpha value is -0.550. The molecule has 1 atom stereocenters. The molecule has 7 heteroatoms. The molecule has 5 N–H and O–H groups in total. The van der Waals surface area contributed by atoms with E-state index < -0.39 is 19.7 Å². The minimum atomic E-state index is -3.54. The summed E-state index contributed by atoms with van der Waals surface area (Å²) in [6.45, 7) is 0. The molecule has 6 nitrogen and oxygen atoms in total. The van der Waals surface area contributed by atoms with Crippen molar-refractivity contribution in [1.29, 1.82) is 0 Å². The fraction of sp³-hybridized carbons (Fsp3) is 0.600. The average Bonchev–Trinajstić information content (AvgIpc) is 2.00. The van der Waals surface area contributed by atoms with Gasteiger partial charge < -0.3 is 10.8 Å². The normalized spacial score (nSPS) is 13.9. The van der Waals surface area contributed by atoms with Gasteiger partial charge in [0.05, 0.1) is 0 Å². The van der Waals surface area contributed by atoms with Crippen molar-refractivity contribution in [3.8, 4) is 0 Å². The average molecular weight is 196 g/mol. The SMILES string of the molecule is N[C@@H](CC[P+](O)(O)C=O)C(=O)O. The van der Waals surface area contributed by atoms with Crippen molar-refractivity contribution in [2.24, 2.45) is 5.73 Å². The molecule has 0 aliphatic carbocycles. The number of carboxylic acids is 1. The van der Waals surface area contributed by atoms with Gasteiger partial charge in [-0.3, -0.25) is 9.59 Å². The molecule has 0 saturated heterocycles. The van der Waals surface area contributed by atoms with Gasteiger partial charge in [0.25, 0.3) is 0 Å². The lowest BCUT2D eigenvalue weighted by Crippen LogP contribution is -2.31. The third kappa shape index (κ3) is 4.35. The van der Waals surface area contributed by atoms with E-state index in [-0.39, 0.29) is 18.6 Å². The van der Waals surface area contributed by atoms with Gasteiger partial charge in [-0.25, -0.2) is 9.79 Å². The second kappa shape index (κ2) is 4.47. The Morgan fingerprint density at radius 1 is 1.58 bits per heavy atom. The fourth-order valence-electron chi connectivity index (χ4n) is 0.505. The Kier molecular flexibility index (Phi) is 4.26. The Bertz CT molecular complexity index is 183. The minimum Gasteiger partial charge on any atom is -0.480 e. The zero-order valence-corrected chi connectivity index (χ0v) is 7.15. The lowest BCUT2D eigenvalue weighted by Gasteiger charge is -2.06. The smallest absolute Gasteiger partial charge is 0.333 e. The molecule has 0 aromatic rings. The van der Waals surface area contributed by atoms with E-state index in [0.717, 1.165) is 0 Å². The first kappa shape index (κ1) is 11.4. The molecule has 0 spiro atoms. The van der Waals surface area contributed by atoms with Crippen LogP contribution in [0.1, 0.15) is 6.42 Å².